The van der Waals surface area contributed by atoms with Crippen molar-refractivity contribution in [2.75, 3.05) is 6.54 Å². The lowest BCUT2D eigenvalue weighted by atomic mass is 9.98. The molecule has 0 bridgehead atoms. The third kappa shape index (κ3) is 2.88. The van der Waals surface area contributed by atoms with Gasteiger partial charge in [0.2, 0.25) is 0 Å². The van der Waals surface area contributed by atoms with E-state index in [4.69, 9.17) is 0 Å². The SMILES string of the molecule is O=C(NCC(C1CC1)C1CC1)c1ccc(F)cc1O. The Morgan fingerprint density at radius 2 is 1.95 bits per heavy atom. The molecule has 0 saturated heterocycles. The molecule has 19 heavy (non-hydrogen) atoms. The smallest absolute Gasteiger partial charge is 0.255 e. The van der Waals surface area contributed by atoms with E-state index in [0.717, 1.165) is 17.9 Å². The molecule has 1 aromatic rings. The minimum atomic E-state index is -0.539. The maximum Gasteiger partial charge on any atom is 0.255 e. The van der Waals surface area contributed by atoms with Crippen LogP contribution in [-0.2, 0) is 0 Å². The molecule has 2 fully saturated rings. The Balaban J connectivity index is 1.61. The first kappa shape index (κ1) is 12.5. The summed E-state index contributed by atoms with van der Waals surface area (Å²) in [5.41, 5.74) is 0.145. The number of carbonyl (C=O) groups excluding carboxylic acids is 1. The van der Waals surface area contributed by atoms with Crippen molar-refractivity contribution in [1.29, 1.82) is 0 Å². The lowest BCUT2D eigenvalue weighted by molar-refractivity contribution is 0.0940. The molecular formula is C15H18FNO2. The summed E-state index contributed by atoms with van der Waals surface area (Å²) in [6.45, 7) is 0.672. The van der Waals surface area contributed by atoms with Crippen molar-refractivity contribution in [3.8, 4) is 5.75 Å². The van der Waals surface area contributed by atoms with Gasteiger partial charge in [-0.25, -0.2) is 4.39 Å². The normalized spacial score (nSPS) is 18.6. The van der Waals surface area contributed by atoms with E-state index in [1.54, 1.807) is 0 Å². The van der Waals surface area contributed by atoms with Crippen LogP contribution < -0.4 is 5.32 Å². The monoisotopic (exact) mass is 263 g/mol. The van der Waals surface area contributed by atoms with Gasteiger partial charge in [0.05, 0.1) is 5.56 Å². The standard InChI is InChI=1S/C15H18FNO2/c16-11-5-6-12(14(18)7-11)15(19)17-8-13(9-1-2-9)10-3-4-10/h5-7,9-10,13,18H,1-4,8H2,(H,17,19). The fraction of sp³-hybridized carbons (Fsp3) is 0.533. The molecule has 0 heterocycles. The van der Waals surface area contributed by atoms with Gasteiger partial charge >= 0.3 is 0 Å². The maximum absolute atomic E-state index is 12.9. The average molecular weight is 263 g/mol. The zero-order valence-corrected chi connectivity index (χ0v) is 10.7. The molecule has 0 unspecified atom stereocenters. The summed E-state index contributed by atoms with van der Waals surface area (Å²) in [5.74, 6) is 0.981. The zero-order chi connectivity index (χ0) is 13.4. The van der Waals surface area contributed by atoms with Crippen LogP contribution >= 0.6 is 0 Å². The molecule has 1 aromatic carbocycles. The number of halogens is 1. The highest BCUT2D eigenvalue weighted by Gasteiger charge is 2.41. The van der Waals surface area contributed by atoms with E-state index in [-0.39, 0.29) is 17.2 Å². The Morgan fingerprint density at radius 3 is 2.47 bits per heavy atom. The van der Waals surface area contributed by atoms with E-state index < -0.39 is 5.82 Å². The Kier molecular flexibility index (Phi) is 3.17. The lowest BCUT2D eigenvalue weighted by Gasteiger charge is -2.16. The van der Waals surface area contributed by atoms with Crippen LogP contribution in [0.5, 0.6) is 5.75 Å². The molecule has 102 valence electrons. The average Bonchev–Trinajstić information content (AvgIpc) is 3.23. The molecule has 0 aromatic heterocycles. The highest BCUT2D eigenvalue weighted by atomic mass is 19.1. The Morgan fingerprint density at radius 1 is 1.32 bits per heavy atom. The molecule has 2 saturated carbocycles. The van der Waals surface area contributed by atoms with Crippen molar-refractivity contribution in [1.82, 2.24) is 5.32 Å². The Hall–Kier alpha value is -1.58. The van der Waals surface area contributed by atoms with Gasteiger partial charge in [-0.3, -0.25) is 4.79 Å². The second-order valence-corrected chi connectivity index (χ2v) is 5.71. The molecule has 1 amide bonds. The Bertz CT molecular complexity index is 483. The van der Waals surface area contributed by atoms with Crippen molar-refractivity contribution >= 4 is 5.91 Å². The van der Waals surface area contributed by atoms with Crippen LogP contribution in [-0.4, -0.2) is 17.6 Å². The molecule has 2 aliphatic carbocycles. The number of phenols is 1. The van der Waals surface area contributed by atoms with Crippen molar-refractivity contribution in [3.05, 3.63) is 29.6 Å². The number of phenolic OH excluding ortho intramolecular Hbond substituents is 1. The van der Waals surface area contributed by atoms with Crippen molar-refractivity contribution < 1.29 is 14.3 Å². The van der Waals surface area contributed by atoms with Crippen molar-refractivity contribution in [2.24, 2.45) is 17.8 Å². The van der Waals surface area contributed by atoms with E-state index in [0.29, 0.717) is 12.5 Å². The minimum absolute atomic E-state index is 0.145. The van der Waals surface area contributed by atoms with Crippen LogP contribution in [0, 0.1) is 23.6 Å². The van der Waals surface area contributed by atoms with Gasteiger partial charge in [-0.2, -0.15) is 0 Å². The molecule has 4 heteroatoms. The number of carbonyl (C=O) groups is 1. The number of benzene rings is 1. The number of amides is 1. The number of aromatic hydroxyl groups is 1. The molecule has 2 aliphatic rings. The Labute approximate surface area is 111 Å². The van der Waals surface area contributed by atoms with Crippen LogP contribution in [0.4, 0.5) is 4.39 Å². The first-order valence-electron chi connectivity index (χ1n) is 6.92. The third-order valence-electron chi connectivity index (χ3n) is 4.16. The number of hydrogen-bond acceptors (Lipinski definition) is 2. The summed E-state index contributed by atoms with van der Waals surface area (Å²) in [6.07, 6.45) is 5.11. The molecule has 2 N–H and O–H groups in total. The first-order chi connectivity index (χ1) is 9.15. The predicted molar refractivity (Wildman–Crippen MR) is 69.3 cm³/mol. The van der Waals surface area contributed by atoms with Gasteiger partial charge in [0.25, 0.3) is 5.91 Å². The molecule has 0 aliphatic heterocycles. The summed E-state index contributed by atoms with van der Waals surface area (Å²) in [5, 5.41) is 12.4. The molecule has 0 atom stereocenters. The second kappa shape index (κ2) is 4.83. The highest BCUT2D eigenvalue weighted by Crippen LogP contribution is 2.48. The van der Waals surface area contributed by atoms with Gasteiger partial charge in [-0.05, 0) is 55.6 Å². The molecular weight excluding hydrogens is 245 g/mol. The van der Waals surface area contributed by atoms with Gasteiger partial charge in [0, 0.05) is 12.6 Å². The van der Waals surface area contributed by atoms with Crippen LogP contribution in [0.3, 0.4) is 0 Å². The highest BCUT2D eigenvalue weighted by molar-refractivity contribution is 5.96. The largest absolute Gasteiger partial charge is 0.507 e. The van der Waals surface area contributed by atoms with Gasteiger partial charge in [-0.15, -0.1) is 0 Å². The second-order valence-electron chi connectivity index (χ2n) is 5.71. The summed E-state index contributed by atoms with van der Waals surface area (Å²) in [7, 11) is 0. The van der Waals surface area contributed by atoms with Crippen LogP contribution in [0.1, 0.15) is 36.0 Å². The van der Waals surface area contributed by atoms with Crippen LogP contribution in [0.25, 0.3) is 0 Å². The maximum atomic E-state index is 12.9. The van der Waals surface area contributed by atoms with Crippen molar-refractivity contribution in [2.45, 2.75) is 25.7 Å². The van der Waals surface area contributed by atoms with Gasteiger partial charge in [0.1, 0.15) is 11.6 Å². The number of hydrogen-bond donors (Lipinski definition) is 2. The molecule has 0 spiro atoms. The fourth-order valence-corrected chi connectivity index (χ4v) is 2.77. The summed E-state index contributed by atoms with van der Waals surface area (Å²) in [6, 6.07) is 3.48. The predicted octanol–water partition coefficient (Wildman–Crippen LogP) is 2.70. The van der Waals surface area contributed by atoms with Gasteiger partial charge < -0.3 is 10.4 Å². The summed E-state index contributed by atoms with van der Waals surface area (Å²) in [4.78, 5) is 12.0. The topological polar surface area (TPSA) is 49.3 Å². The number of nitrogens with one attached hydrogen (secondary N) is 1. The minimum Gasteiger partial charge on any atom is -0.507 e. The molecule has 0 radical (unpaired) electrons. The number of rotatable bonds is 5. The van der Waals surface area contributed by atoms with E-state index >= 15 is 0 Å². The van der Waals surface area contributed by atoms with E-state index in [1.807, 2.05) is 0 Å². The quantitative estimate of drug-likeness (QED) is 0.858. The van der Waals surface area contributed by atoms with Gasteiger partial charge in [0.15, 0.2) is 0 Å². The van der Waals surface area contributed by atoms with E-state index in [2.05, 4.69) is 5.32 Å². The molecule has 3 rings (SSSR count). The zero-order valence-electron chi connectivity index (χ0n) is 10.7. The van der Waals surface area contributed by atoms with Crippen LogP contribution in [0.2, 0.25) is 0 Å². The summed E-state index contributed by atoms with van der Waals surface area (Å²) < 4.78 is 12.9. The first-order valence-corrected chi connectivity index (χ1v) is 6.92. The third-order valence-corrected chi connectivity index (χ3v) is 4.16. The fourth-order valence-electron chi connectivity index (χ4n) is 2.77. The van der Waals surface area contributed by atoms with Crippen molar-refractivity contribution in [3.63, 3.8) is 0 Å². The molecule has 3 nitrogen and oxygen atoms in total. The lowest BCUT2D eigenvalue weighted by Crippen LogP contribution is -2.31. The van der Waals surface area contributed by atoms with E-state index in [9.17, 15) is 14.3 Å². The van der Waals surface area contributed by atoms with Crippen LogP contribution in [0.15, 0.2) is 18.2 Å². The summed E-state index contributed by atoms with van der Waals surface area (Å²) >= 11 is 0. The van der Waals surface area contributed by atoms with E-state index in [1.165, 1.54) is 37.8 Å². The van der Waals surface area contributed by atoms with Gasteiger partial charge in [-0.1, -0.05) is 0 Å².